The van der Waals surface area contributed by atoms with Crippen molar-refractivity contribution in [3.05, 3.63) is 123 Å². The Morgan fingerprint density at radius 2 is 0.857 bits per heavy atom. The van der Waals surface area contributed by atoms with Crippen molar-refractivity contribution >= 4 is 0 Å². The molecule has 4 rings (SSSR count). The number of hydrogen-bond donors (Lipinski definition) is 3. The van der Waals surface area contributed by atoms with Gasteiger partial charge in [0, 0.05) is 10.8 Å². The summed E-state index contributed by atoms with van der Waals surface area (Å²) in [5.41, 5.74) is 7.16. The van der Waals surface area contributed by atoms with Gasteiger partial charge in [-0.1, -0.05) is 74.5 Å². The zero-order valence-electron chi connectivity index (χ0n) is 21.3. The van der Waals surface area contributed by atoms with Crippen molar-refractivity contribution in [2.24, 2.45) is 0 Å². The van der Waals surface area contributed by atoms with Gasteiger partial charge in [0.2, 0.25) is 0 Å². The lowest BCUT2D eigenvalue weighted by Gasteiger charge is -2.34. The van der Waals surface area contributed by atoms with Crippen LogP contribution in [0.2, 0.25) is 0 Å². The number of phenols is 3. The molecular weight excluding hydrogens is 432 g/mol. The summed E-state index contributed by atoms with van der Waals surface area (Å²) in [7, 11) is 0. The highest BCUT2D eigenvalue weighted by atomic mass is 16.3. The van der Waals surface area contributed by atoms with E-state index in [2.05, 4.69) is 51.1 Å². The molecule has 35 heavy (non-hydrogen) atoms. The molecule has 4 aromatic rings. The molecule has 0 amide bonds. The highest BCUT2D eigenvalue weighted by molar-refractivity contribution is 5.55. The molecule has 0 atom stereocenters. The molecule has 0 aliphatic rings. The van der Waals surface area contributed by atoms with E-state index in [-0.39, 0.29) is 16.9 Å². The van der Waals surface area contributed by atoms with Crippen molar-refractivity contribution in [2.75, 3.05) is 0 Å². The first-order valence-electron chi connectivity index (χ1n) is 12.0. The van der Waals surface area contributed by atoms with Crippen LogP contribution in [0.15, 0.2) is 78.9 Å². The molecule has 0 saturated heterocycles. The highest BCUT2D eigenvalue weighted by Gasteiger charge is 2.33. The smallest absolute Gasteiger partial charge is 0.118 e. The van der Waals surface area contributed by atoms with Gasteiger partial charge in [-0.25, -0.2) is 0 Å². The maximum Gasteiger partial charge on any atom is 0.118 e. The largest absolute Gasteiger partial charge is 0.508 e. The van der Waals surface area contributed by atoms with Crippen LogP contribution in [-0.4, -0.2) is 15.3 Å². The molecule has 4 aromatic carbocycles. The van der Waals surface area contributed by atoms with E-state index in [0.29, 0.717) is 5.75 Å². The fourth-order valence-electron chi connectivity index (χ4n) is 4.82. The Bertz CT molecular complexity index is 1330. The van der Waals surface area contributed by atoms with Crippen molar-refractivity contribution in [2.45, 2.75) is 52.4 Å². The Kier molecular flexibility index (Phi) is 6.14. The molecule has 0 spiro atoms. The number of benzene rings is 4. The van der Waals surface area contributed by atoms with Crippen LogP contribution in [-0.2, 0) is 10.8 Å². The first-order valence-corrected chi connectivity index (χ1v) is 12.0. The van der Waals surface area contributed by atoms with Crippen LogP contribution in [0.4, 0.5) is 0 Å². The van der Waals surface area contributed by atoms with Gasteiger partial charge in [0.1, 0.15) is 17.2 Å². The topological polar surface area (TPSA) is 60.7 Å². The molecule has 0 heterocycles. The van der Waals surface area contributed by atoms with Gasteiger partial charge < -0.3 is 15.3 Å². The summed E-state index contributed by atoms with van der Waals surface area (Å²) in [6.07, 6.45) is 0. The Morgan fingerprint density at radius 1 is 0.429 bits per heavy atom. The van der Waals surface area contributed by atoms with Gasteiger partial charge in [-0.05, 0) is 90.4 Å². The molecule has 0 bridgehead atoms. The Labute approximate surface area is 208 Å². The van der Waals surface area contributed by atoms with Gasteiger partial charge in [0.15, 0.2) is 0 Å². The molecule has 180 valence electrons. The molecule has 0 unspecified atom stereocenters. The molecule has 0 aliphatic heterocycles. The van der Waals surface area contributed by atoms with Crippen LogP contribution in [0.5, 0.6) is 17.2 Å². The summed E-state index contributed by atoms with van der Waals surface area (Å²) < 4.78 is 0. The van der Waals surface area contributed by atoms with Gasteiger partial charge in [-0.2, -0.15) is 0 Å². The van der Waals surface area contributed by atoms with E-state index in [9.17, 15) is 15.3 Å². The summed E-state index contributed by atoms with van der Waals surface area (Å²) >= 11 is 0. The van der Waals surface area contributed by atoms with E-state index >= 15 is 0 Å². The molecule has 0 aliphatic carbocycles. The number of aromatic hydroxyl groups is 3. The minimum atomic E-state index is -0.498. The van der Waals surface area contributed by atoms with Gasteiger partial charge in [0.05, 0.1) is 0 Å². The Balaban J connectivity index is 1.84. The summed E-state index contributed by atoms with van der Waals surface area (Å²) in [6, 6.07) is 26.0. The highest BCUT2D eigenvalue weighted by Crippen LogP contribution is 2.42. The quantitative estimate of drug-likeness (QED) is 0.268. The molecule has 3 N–H and O–H groups in total. The zero-order valence-corrected chi connectivity index (χ0v) is 21.3. The van der Waals surface area contributed by atoms with Crippen molar-refractivity contribution < 1.29 is 15.3 Å². The van der Waals surface area contributed by atoms with E-state index in [1.165, 1.54) is 0 Å². The maximum atomic E-state index is 10.3. The summed E-state index contributed by atoms with van der Waals surface area (Å²) in [6.45, 7) is 12.2. The third-order valence-corrected chi connectivity index (χ3v) is 7.66. The molecule has 0 radical (unpaired) electrons. The predicted octanol–water partition coefficient (Wildman–Crippen LogP) is 7.41. The van der Waals surface area contributed by atoms with Gasteiger partial charge in [-0.3, -0.25) is 0 Å². The molecule has 3 heteroatoms. The van der Waals surface area contributed by atoms with E-state index in [4.69, 9.17) is 0 Å². The molecule has 0 aromatic heterocycles. The molecule has 0 fully saturated rings. The van der Waals surface area contributed by atoms with Crippen molar-refractivity contribution in [1.82, 2.24) is 0 Å². The lowest BCUT2D eigenvalue weighted by molar-refractivity contribution is 0.468. The van der Waals surface area contributed by atoms with Crippen molar-refractivity contribution in [3.63, 3.8) is 0 Å². The van der Waals surface area contributed by atoms with Crippen LogP contribution in [0.3, 0.4) is 0 Å². The third kappa shape index (κ3) is 4.27. The molecular formula is C32H34O3. The summed E-state index contributed by atoms with van der Waals surface area (Å²) in [5.74, 6) is 0.859. The van der Waals surface area contributed by atoms with E-state index in [0.717, 1.165) is 44.5 Å². The van der Waals surface area contributed by atoms with Crippen molar-refractivity contribution in [1.29, 1.82) is 0 Å². The monoisotopic (exact) mass is 466 g/mol. The second-order valence-electron chi connectivity index (χ2n) is 10.3. The average Bonchev–Trinajstić information content (AvgIpc) is 2.83. The standard InChI is InChI=1S/C32H34O3/c1-20-7-8-25(19-30(20)35)31(4,5)23-9-11-24(12-10-23)32(6,26-13-15-28(33)21(2)17-26)27-14-16-29(34)22(3)18-27/h7-19,33-35H,1-6H3. The fourth-order valence-corrected chi connectivity index (χ4v) is 4.82. The number of phenolic OH excluding ortho intramolecular Hbond substituents is 3. The van der Waals surface area contributed by atoms with E-state index < -0.39 is 5.41 Å². The SMILES string of the molecule is Cc1cc(C(C)(c2ccc(C(C)(C)c3ccc(C)c(O)c3)cc2)c2ccc(O)c(C)c2)ccc1O. The van der Waals surface area contributed by atoms with Gasteiger partial charge in [-0.15, -0.1) is 0 Å². The maximum absolute atomic E-state index is 10.3. The Hall–Kier alpha value is -3.72. The van der Waals surface area contributed by atoms with Gasteiger partial charge in [0.25, 0.3) is 0 Å². The second kappa shape index (κ2) is 8.81. The summed E-state index contributed by atoms with van der Waals surface area (Å²) in [4.78, 5) is 0. The zero-order chi connectivity index (χ0) is 25.5. The predicted molar refractivity (Wildman–Crippen MR) is 143 cm³/mol. The van der Waals surface area contributed by atoms with E-state index in [1.807, 2.05) is 57.2 Å². The lowest BCUT2D eigenvalue weighted by Crippen LogP contribution is -2.26. The molecule has 0 saturated carbocycles. The fraction of sp³-hybridized carbons (Fsp3) is 0.250. The van der Waals surface area contributed by atoms with Gasteiger partial charge >= 0.3 is 0 Å². The minimum Gasteiger partial charge on any atom is -0.508 e. The Morgan fingerprint density at radius 3 is 1.31 bits per heavy atom. The first-order chi connectivity index (χ1) is 16.4. The number of aryl methyl sites for hydroxylation is 3. The lowest BCUT2D eigenvalue weighted by atomic mass is 9.69. The van der Waals surface area contributed by atoms with Crippen LogP contribution < -0.4 is 0 Å². The normalized spacial score (nSPS) is 12.1. The number of hydrogen-bond acceptors (Lipinski definition) is 3. The van der Waals surface area contributed by atoms with Crippen LogP contribution in [0.1, 0.15) is 65.3 Å². The number of rotatable bonds is 5. The van der Waals surface area contributed by atoms with Crippen molar-refractivity contribution in [3.8, 4) is 17.2 Å². The third-order valence-electron chi connectivity index (χ3n) is 7.66. The first kappa shape index (κ1) is 24.4. The minimum absolute atomic E-state index is 0.274. The van der Waals surface area contributed by atoms with Crippen LogP contribution >= 0.6 is 0 Å². The summed E-state index contributed by atoms with van der Waals surface area (Å²) in [5, 5.41) is 30.6. The van der Waals surface area contributed by atoms with Crippen LogP contribution in [0, 0.1) is 20.8 Å². The molecule has 3 nitrogen and oxygen atoms in total. The average molecular weight is 467 g/mol. The second-order valence-corrected chi connectivity index (χ2v) is 10.3. The van der Waals surface area contributed by atoms with Crippen LogP contribution in [0.25, 0.3) is 0 Å². The van der Waals surface area contributed by atoms with E-state index in [1.54, 1.807) is 12.1 Å².